The SMILES string of the molecule is CC1=C(C(C)C)C(C(C)C)=C(C)C1.COc1cc(C)c(OC)cc1C.Cc1ccc(C)cc1. The molecule has 0 saturated heterocycles. The molecule has 1 aliphatic rings. The number of hydrogen-bond donors (Lipinski definition) is 0. The Morgan fingerprint density at radius 3 is 1.12 bits per heavy atom. The summed E-state index contributed by atoms with van der Waals surface area (Å²) in [5.41, 5.74) is 11.3. The van der Waals surface area contributed by atoms with Gasteiger partial charge in [-0.15, -0.1) is 0 Å². The molecule has 0 atom stereocenters. The second-order valence-electron chi connectivity index (χ2n) is 9.82. The summed E-state index contributed by atoms with van der Waals surface area (Å²) in [6.45, 7) is 22.0. The molecule has 0 heterocycles. The standard InChI is InChI=1S/C13H22.C10H14O2.C8H10/c1-8(2)12-10(5)7-11(6)13(12)9(3)4;1-7-5-10(12-4)8(2)6-9(7)11-3;1-7-3-5-8(2)6-4-7/h8-9H,7H2,1-6H3;5-6H,1-4H3;3-6H,1-2H3. The average molecular weight is 451 g/mol. The molecule has 0 aromatic heterocycles. The zero-order valence-corrected chi connectivity index (χ0v) is 23.1. The van der Waals surface area contributed by atoms with Gasteiger partial charge in [0.2, 0.25) is 0 Å². The summed E-state index contributed by atoms with van der Waals surface area (Å²) in [7, 11) is 3.35. The van der Waals surface area contributed by atoms with Crippen LogP contribution < -0.4 is 9.47 Å². The van der Waals surface area contributed by atoms with E-state index >= 15 is 0 Å². The fraction of sp³-hybridized carbons (Fsp3) is 0.484. The molecule has 0 fully saturated rings. The van der Waals surface area contributed by atoms with Gasteiger partial charge in [0.25, 0.3) is 0 Å². The van der Waals surface area contributed by atoms with Gasteiger partial charge in [-0.05, 0) is 94.2 Å². The third-order valence-corrected chi connectivity index (χ3v) is 6.03. The van der Waals surface area contributed by atoms with Crippen molar-refractivity contribution in [3.05, 3.63) is 80.9 Å². The maximum atomic E-state index is 5.17. The lowest BCUT2D eigenvalue weighted by molar-refractivity contribution is 0.398. The predicted octanol–water partition coefficient (Wildman–Crippen LogP) is 8.96. The lowest BCUT2D eigenvalue weighted by atomic mass is 9.88. The number of hydrogen-bond acceptors (Lipinski definition) is 2. The zero-order valence-electron chi connectivity index (χ0n) is 23.1. The van der Waals surface area contributed by atoms with Gasteiger partial charge in [0, 0.05) is 0 Å². The lowest BCUT2D eigenvalue weighted by Crippen LogP contribution is -2.03. The smallest absolute Gasteiger partial charge is 0.122 e. The van der Waals surface area contributed by atoms with Crippen LogP contribution >= 0.6 is 0 Å². The van der Waals surface area contributed by atoms with Crippen LogP contribution in [0.3, 0.4) is 0 Å². The van der Waals surface area contributed by atoms with Crippen molar-refractivity contribution in [1.29, 1.82) is 0 Å². The van der Waals surface area contributed by atoms with Crippen molar-refractivity contribution in [1.82, 2.24) is 0 Å². The third kappa shape index (κ3) is 8.42. The zero-order chi connectivity index (χ0) is 25.3. The van der Waals surface area contributed by atoms with E-state index in [0.717, 1.165) is 22.6 Å². The van der Waals surface area contributed by atoms with E-state index in [4.69, 9.17) is 9.47 Å². The highest BCUT2D eigenvalue weighted by molar-refractivity contribution is 5.48. The van der Waals surface area contributed by atoms with Crippen molar-refractivity contribution >= 4 is 0 Å². The second-order valence-corrected chi connectivity index (χ2v) is 9.82. The quantitative estimate of drug-likeness (QED) is 0.463. The maximum absolute atomic E-state index is 5.17. The average Bonchev–Trinajstić information content (AvgIpc) is 3.06. The topological polar surface area (TPSA) is 18.5 Å². The molecule has 0 aliphatic heterocycles. The van der Waals surface area contributed by atoms with Gasteiger partial charge < -0.3 is 9.47 Å². The van der Waals surface area contributed by atoms with E-state index < -0.39 is 0 Å². The molecule has 0 spiro atoms. The first kappa shape index (κ1) is 28.6. The molecule has 2 heteroatoms. The van der Waals surface area contributed by atoms with E-state index in [2.05, 4.69) is 79.7 Å². The Balaban J connectivity index is 0.000000254. The Labute approximate surface area is 203 Å². The Morgan fingerprint density at radius 1 is 0.576 bits per heavy atom. The van der Waals surface area contributed by atoms with Crippen LogP contribution in [0.1, 0.15) is 70.2 Å². The molecule has 2 aromatic rings. The minimum absolute atomic E-state index is 0.690. The van der Waals surface area contributed by atoms with Gasteiger partial charge in [0.1, 0.15) is 11.5 Å². The molecule has 1 aliphatic carbocycles. The monoisotopic (exact) mass is 450 g/mol. The van der Waals surface area contributed by atoms with Gasteiger partial charge >= 0.3 is 0 Å². The largest absolute Gasteiger partial charge is 0.496 e. The molecule has 0 N–H and O–H groups in total. The van der Waals surface area contributed by atoms with E-state index in [1.165, 1.54) is 17.5 Å². The highest BCUT2D eigenvalue weighted by Crippen LogP contribution is 2.39. The number of aryl methyl sites for hydroxylation is 4. The van der Waals surface area contributed by atoms with Crippen LogP contribution in [-0.2, 0) is 0 Å². The third-order valence-electron chi connectivity index (χ3n) is 6.03. The summed E-state index contributed by atoms with van der Waals surface area (Å²) in [6.07, 6.45) is 1.21. The molecule has 0 radical (unpaired) electrons. The first-order chi connectivity index (χ1) is 15.4. The minimum Gasteiger partial charge on any atom is -0.496 e. The Kier molecular flexibility index (Phi) is 11.5. The summed E-state index contributed by atoms with van der Waals surface area (Å²) in [4.78, 5) is 0. The normalized spacial score (nSPS) is 13.0. The van der Waals surface area contributed by atoms with E-state index in [9.17, 15) is 0 Å². The van der Waals surface area contributed by atoms with Gasteiger partial charge in [-0.3, -0.25) is 0 Å². The summed E-state index contributed by atoms with van der Waals surface area (Å²) in [6, 6.07) is 12.4. The van der Waals surface area contributed by atoms with Crippen molar-refractivity contribution in [2.45, 2.75) is 75.7 Å². The number of allylic oxidation sites excluding steroid dienone is 4. The van der Waals surface area contributed by atoms with Crippen molar-refractivity contribution in [3.8, 4) is 11.5 Å². The highest BCUT2D eigenvalue weighted by atomic mass is 16.5. The van der Waals surface area contributed by atoms with Gasteiger partial charge in [-0.1, -0.05) is 74.2 Å². The molecule has 3 rings (SSSR count). The Morgan fingerprint density at radius 2 is 0.879 bits per heavy atom. The molecule has 33 heavy (non-hydrogen) atoms. The Bertz CT molecular complexity index is 878. The van der Waals surface area contributed by atoms with Crippen LogP contribution in [0.5, 0.6) is 11.5 Å². The molecule has 182 valence electrons. The van der Waals surface area contributed by atoms with Gasteiger partial charge in [-0.25, -0.2) is 0 Å². The molecule has 2 aromatic carbocycles. The highest BCUT2D eigenvalue weighted by Gasteiger charge is 2.23. The van der Waals surface area contributed by atoms with Crippen molar-refractivity contribution in [3.63, 3.8) is 0 Å². The van der Waals surface area contributed by atoms with Gasteiger partial charge in [0.15, 0.2) is 0 Å². The Hall–Kier alpha value is -2.48. The van der Waals surface area contributed by atoms with E-state index in [-0.39, 0.29) is 0 Å². The molecule has 0 unspecified atom stereocenters. The second kappa shape index (κ2) is 13.3. The number of methoxy groups -OCH3 is 2. The van der Waals surface area contributed by atoms with Crippen molar-refractivity contribution in [2.24, 2.45) is 11.8 Å². The molecule has 0 bridgehead atoms. The summed E-state index contributed by atoms with van der Waals surface area (Å²) in [5.74, 6) is 3.20. The number of rotatable bonds is 4. The van der Waals surface area contributed by atoms with Crippen LogP contribution in [0.15, 0.2) is 58.7 Å². The van der Waals surface area contributed by atoms with Crippen LogP contribution in [0, 0.1) is 39.5 Å². The van der Waals surface area contributed by atoms with E-state index in [1.807, 2.05) is 26.0 Å². The first-order valence-electron chi connectivity index (χ1n) is 12.0. The van der Waals surface area contributed by atoms with Crippen LogP contribution in [0.25, 0.3) is 0 Å². The summed E-state index contributed by atoms with van der Waals surface area (Å²) >= 11 is 0. The van der Waals surface area contributed by atoms with Crippen LogP contribution in [0.4, 0.5) is 0 Å². The van der Waals surface area contributed by atoms with Crippen molar-refractivity contribution in [2.75, 3.05) is 14.2 Å². The van der Waals surface area contributed by atoms with Crippen molar-refractivity contribution < 1.29 is 9.47 Å². The molecule has 0 amide bonds. The maximum Gasteiger partial charge on any atom is 0.122 e. The van der Waals surface area contributed by atoms with E-state index in [0.29, 0.717) is 11.8 Å². The molecule has 0 saturated carbocycles. The summed E-state index contributed by atoms with van der Waals surface area (Å²) < 4.78 is 10.3. The van der Waals surface area contributed by atoms with E-state index in [1.54, 1.807) is 36.5 Å². The predicted molar refractivity (Wildman–Crippen MR) is 145 cm³/mol. The van der Waals surface area contributed by atoms with Crippen LogP contribution in [-0.4, -0.2) is 14.2 Å². The van der Waals surface area contributed by atoms with Gasteiger partial charge in [0.05, 0.1) is 14.2 Å². The minimum atomic E-state index is 0.690. The lowest BCUT2D eigenvalue weighted by Gasteiger charge is -2.17. The van der Waals surface area contributed by atoms with Gasteiger partial charge in [-0.2, -0.15) is 0 Å². The fourth-order valence-corrected chi connectivity index (χ4v) is 4.50. The fourth-order valence-electron chi connectivity index (χ4n) is 4.50. The first-order valence-corrected chi connectivity index (χ1v) is 12.0. The molecular weight excluding hydrogens is 404 g/mol. The molecular formula is C31H46O2. The number of benzene rings is 2. The van der Waals surface area contributed by atoms with Crippen LogP contribution in [0.2, 0.25) is 0 Å². The molecule has 2 nitrogen and oxygen atoms in total. The summed E-state index contributed by atoms with van der Waals surface area (Å²) in [5, 5.41) is 0. The number of ether oxygens (including phenoxy) is 2.